The molecule has 3 heterocycles. The molecule has 1 aromatic rings. The van der Waals surface area contributed by atoms with Crippen molar-refractivity contribution >= 4 is 17.2 Å². The number of aromatic nitrogens is 1. The minimum atomic E-state index is 0.127. The van der Waals surface area contributed by atoms with Crippen LogP contribution in [0.4, 0.5) is 0 Å². The van der Waals surface area contributed by atoms with Crippen LogP contribution in [0.3, 0.4) is 0 Å². The van der Waals surface area contributed by atoms with Crippen LogP contribution in [0.25, 0.3) is 0 Å². The number of hydrogen-bond donors (Lipinski definition) is 1. The van der Waals surface area contributed by atoms with Gasteiger partial charge in [0.25, 0.3) is 5.91 Å². The first-order chi connectivity index (χ1) is 10.1. The van der Waals surface area contributed by atoms with Crippen LogP contribution >= 0.6 is 11.3 Å². The van der Waals surface area contributed by atoms with E-state index >= 15 is 0 Å². The molecule has 3 rings (SSSR count). The average molecular weight is 307 g/mol. The third kappa shape index (κ3) is 3.29. The van der Waals surface area contributed by atoms with E-state index in [2.05, 4.69) is 24.1 Å². The molecular formula is C16H25N3OS. The van der Waals surface area contributed by atoms with Gasteiger partial charge in [0.15, 0.2) is 0 Å². The van der Waals surface area contributed by atoms with Gasteiger partial charge in [-0.2, -0.15) is 0 Å². The molecule has 2 aliphatic rings. The van der Waals surface area contributed by atoms with Crippen LogP contribution in [0.15, 0.2) is 5.38 Å². The van der Waals surface area contributed by atoms with E-state index in [0.29, 0.717) is 17.0 Å². The number of piperidine rings is 1. The number of carbonyl (C=O) groups is 1. The summed E-state index contributed by atoms with van der Waals surface area (Å²) in [6.07, 6.45) is 4.50. The number of amides is 1. The smallest absolute Gasteiger partial charge is 0.273 e. The molecule has 2 aliphatic heterocycles. The number of rotatable bonds is 3. The van der Waals surface area contributed by atoms with Crippen molar-refractivity contribution in [1.82, 2.24) is 15.2 Å². The second-order valence-corrected chi connectivity index (χ2v) is 7.89. The third-order valence-corrected chi connectivity index (χ3v) is 5.67. The minimum Gasteiger partial charge on any atom is -0.337 e. The molecule has 1 aromatic heterocycles. The lowest BCUT2D eigenvalue weighted by Crippen LogP contribution is -2.44. The van der Waals surface area contributed by atoms with E-state index in [0.717, 1.165) is 50.4 Å². The lowest BCUT2D eigenvalue weighted by molar-refractivity contribution is 0.0602. The number of likely N-dealkylation sites (tertiary alicyclic amines) is 1. The van der Waals surface area contributed by atoms with E-state index < -0.39 is 0 Å². The van der Waals surface area contributed by atoms with Crippen molar-refractivity contribution in [1.29, 1.82) is 0 Å². The number of nitrogens with one attached hydrogen (secondary N) is 1. The van der Waals surface area contributed by atoms with Gasteiger partial charge >= 0.3 is 0 Å². The SMILES string of the molecule is CC(C)Cc1nc(C(=O)N2CCC3(CCNC3)CC2)cs1. The lowest BCUT2D eigenvalue weighted by atomic mass is 9.78. The van der Waals surface area contributed by atoms with E-state index in [4.69, 9.17) is 0 Å². The predicted octanol–water partition coefficient (Wildman–Crippen LogP) is 2.56. The predicted molar refractivity (Wildman–Crippen MR) is 85.7 cm³/mol. The van der Waals surface area contributed by atoms with Gasteiger partial charge in [0.05, 0.1) is 5.01 Å². The molecule has 1 N–H and O–H groups in total. The Labute approximate surface area is 130 Å². The van der Waals surface area contributed by atoms with E-state index in [-0.39, 0.29) is 5.91 Å². The van der Waals surface area contributed by atoms with Crippen molar-refractivity contribution in [3.63, 3.8) is 0 Å². The Kier molecular flexibility index (Phi) is 4.31. The van der Waals surface area contributed by atoms with Gasteiger partial charge in [-0.3, -0.25) is 4.79 Å². The first-order valence-electron chi connectivity index (χ1n) is 8.02. The molecule has 0 saturated carbocycles. The monoisotopic (exact) mass is 307 g/mol. The van der Waals surface area contributed by atoms with Crippen molar-refractivity contribution in [2.24, 2.45) is 11.3 Å². The Bertz CT molecular complexity index is 495. The zero-order chi connectivity index (χ0) is 14.9. The molecule has 0 unspecified atom stereocenters. The van der Waals surface area contributed by atoms with Crippen LogP contribution in [0.2, 0.25) is 0 Å². The fourth-order valence-electron chi connectivity index (χ4n) is 3.42. The van der Waals surface area contributed by atoms with Gasteiger partial charge in [0.2, 0.25) is 0 Å². The molecule has 1 amide bonds. The molecule has 2 saturated heterocycles. The Morgan fingerprint density at radius 3 is 2.81 bits per heavy atom. The highest BCUT2D eigenvalue weighted by molar-refractivity contribution is 7.09. The molecule has 2 fully saturated rings. The molecule has 0 aromatic carbocycles. The summed E-state index contributed by atoms with van der Waals surface area (Å²) in [5.74, 6) is 0.714. The third-order valence-electron chi connectivity index (χ3n) is 4.80. The maximum atomic E-state index is 12.6. The average Bonchev–Trinajstić information content (AvgIpc) is 3.09. The lowest BCUT2D eigenvalue weighted by Gasteiger charge is -2.38. The van der Waals surface area contributed by atoms with E-state index in [1.807, 2.05) is 10.3 Å². The molecule has 116 valence electrons. The summed E-state index contributed by atoms with van der Waals surface area (Å²) in [6.45, 7) is 8.41. The zero-order valence-electron chi connectivity index (χ0n) is 13.0. The molecule has 0 aliphatic carbocycles. The molecular weight excluding hydrogens is 282 g/mol. The minimum absolute atomic E-state index is 0.127. The number of hydrogen-bond acceptors (Lipinski definition) is 4. The van der Waals surface area contributed by atoms with Gasteiger partial charge in [-0.25, -0.2) is 4.98 Å². The summed E-state index contributed by atoms with van der Waals surface area (Å²) < 4.78 is 0. The van der Waals surface area contributed by atoms with Gasteiger partial charge in [-0.15, -0.1) is 11.3 Å². The summed E-state index contributed by atoms with van der Waals surface area (Å²) in [4.78, 5) is 19.1. The van der Waals surface area contributed by atoms with Crippen molar-refractivity contribution < 1.29 is 4.79 Å². The fourth-order valence-corrected chi connectivity index (χ4v) is 4.40. The summed E-state index contributed by atoms with van der Waals surface area (Å²) in [6, 6.07) is 0. The largest absolute Gasteiger partial charge is 0.337 e. The van der Waals surface area contributed by atoms with Crippen molar-refractivity contribution in [2.75, 3.05) is 26.2 Å². The van der Waals surface area contributed by atoms with Crippen LogP contribution in [-0.4, -0.2) is 42.0 Å². The maximum absolute atomic E-state index is 12.6. The van der Waals surface area contributed by atoms with E-state index in [1.54, 1.807) is 11.3 Å². The quantitative estimate of drug-likeness (QED) is 0.933. The molecule has 0 radical (unpaired) electrons. The summed E-state index contributed by atoms with van der Waals surface area (Å²) in [5, 5.41) is 6.48. The summed E-state index contributed by atoms with van der Waals surface area (Å²) in [5.41, 5.74) is 1.11. The van der Waals surface area contributed by atoms with E-state index in [9.17, 15) is 4.79 Å². The highest BCUT2D eigenvalue weighted by Crippen LogP contribution is 2.37. The molecule has 1 spiro atoms. The number of carbonyl (C=O) groups excluding carboxylic acids is 1. The number of nitrogens with zero attached hydrogens (tertiary/aromatic N) is 2. The highest BCUT2D eigenvalue weighted by Gasteiger charge is 2.38. The Morgan fingerprint density at radius 1 is 1.43 bits per heavy atom. The summed E-state index contributed by atoms with van der Waals surface area (Å²) in [7, 11) is 0. The van der Waals surface area contributed by atoms with E-state index in [1.165, 1.54) is 6.42 Å². The van der Waals surface area contributed by atoms with Crippen LogP contribution < -0.4 is 5.32 Å². The topological polar surface area (TPSA) is 45.2 Å². The molecule has 0 bridgehead atoms. The number of thiazole rings is 1. The van der Waals surface area contributed by atoms with Crippen LogP contribution in [0.1, 0.15) is 48.6 Å². The standard InChI is InChI=1S/C16H25N3OS/c1-12(2)9-14-18-13(10-21-14)15(20)19-7-4-16(5-8-19)3-6-17-11-16/h10,12,17H,3-9,11H2,1-2H3. The zero-order valence-corrected chi connectivity index (χ0v) is 13.8. The molecule has 5 heteroatoms. The summed E-state index contributed by atoms with van der Waals surface area (Å²) >= 11 is 1.62. The van der Waals surface area contributed by atoms with Gasteiger partial charge in [0.1, 0.15) is 5.69 Å². The van der Waals surface area contributed by atoms with Crippen LogP contribution in [-0.2, 0) is 6.42 Å². The van der Waals surface area contributed by atoms with Gasteiger partial charge in [-0.1, -0.05) is 13.8 Å². The Hall–Kier alpha value is -0.940. The second-order valence-electron chi connectivity index (χ2n) is 6.94. The van der Waals surface area contributed by atoms with Gasteiger partial charge < -0.3 is 10.2 Å². The van der Waals surface area contributed by atoms with Crippen LogP contribution in [0.5, 0.6) is 0 Å². The fraction of sp³-hybridized carbons (Fsp3) is 0.750. The first-order valence-corrected chi connectivity index (χ1v) is 8.90. The van der Waals surface area contributed by atoms with Crippen LogP contribution in [0, 0.1) is 11.3 Å². The normalized spacial score (nSPS) is 21.4. The highest BCUT2D eigenvalue weighted by atomic mass is 32.1. The van der Waals surface area contributed by atoms with Crippen molar-refractivity contribution in [2.45, 2.75) is 39.5 Å². The van der Waals surface area contributed by atoms with Gasteiger partial charge in [0, 0.05) is 31.4 Å². The molecule has 21 heavy (non-hydrogen) atoms. The molecule has 0 atom stereocenters. The second kappa shape index (κ2) is 6.05. The van der Waals surface area contributed by atoms with Crippen molar-refractivity contribution in [3.05, 3.63) is 16.1 Å². The Morgan fingerprint density at radius 2 is 2.19 bits per heavy atom. The van der Waals surface area contributed by atoms with Crippen molar-refractivity contribution in [3.8, 4) is 0 Å². The molecule has 4 nitrogen and oxygen atoms in total. The van der Waals surface area contributed by atoms with Gasteiger partial charge in [-0.05, 0) is 37.1 Å². The maximum Gasteiger partial charge on any atom is 0.273 e. The first kappa shape index (κ1) is 15.0. The Balaban J connectivity index is 1.60.